The van der Waals surface area contributed by atoms with E-state index in [0.717, 1.165) is 43.2 Å². The molecule has 0 saturated carbocycles. The molecular formula is C14H20O4. The quantitative estimate of drug-likeness (QED) is 0.597. The highest BCUT2D eigenvalue weighted by atomic mass is 16.7. The Morgan fingerprint density at radius 1 is 1.22 bits per heavy atom. The zero-order chi connectivity index (χ0) is 13.5. The fourth-order valence-corrected chi connectivity index (χ4v) is 1.96. The summed E-state index contributed by atoms with van der Waals surface area (Å²) in [4.78, 5) is 10.5. The van der Waals surface area contributed by atoms with E-state index >= 15 is 0 Å². The Hall–Kier alpha value is -1.71. The summed E-state index contributed by atoms with van der Waals surface area (Å²) in [6, 6.07) is 3.37. The molecule has 0 radical (unpaired) electrons. The first kappa shape index (κ1) is 14.4. The third-order valence-corrected chi connectivity index (χ3v) is 2.84. The minimum absolute atomic E-state index is 0.0196. The lowest BCUT2D eigenvalue weighted by atomic mass is 9.97. The number of hydrogen-bond acceptors (Lipinski definition) is 3. The first-order chi connectivity index (χ1) is 8.60. The van der Waals surface area contributed by atoms with Gasteiger partial charge in [-0.3, -0.25) is 0 Å². The van der Waals surface area contributed by atoms with Gasteiger partial charge in [-0.15, -0.1) is 0 Å². The van der Waals surface area contributed by atoms with E-state index in [1.807, 2.05) is 13.0 Å². The second-order valence-electron chi connectivity index (χ2n) is 4.27. The number of ether oxygens (including phenoxy) is 1. The van der Waals surface area contributed by atoms with Crippen molar-refractivity contribution in [1.82, 2.24) is 0 Å². The highest BCUT2D eigenvalue weighted by Crippen LogP contribution is 2.34. The van der Waals surface area contributed by atoms with Crippen LogP contribution in [-0.2, 0) is 12.8 Å². The largest absolute Gasteiger partial charge is 0.511 e. The fraction of sp³-hybridized carbons (Fsp3) is 0.500. The number of aryl methyl sites for hydroxylation is 1. The van der Waals surface area contributed by atoms with E-state index in [4.69, 9.17) is 5.11 Å². The van der Waals surface area contributed by atoms with Crippen molar-refractivity contribution in [3.05, 3.63) is 23.3 Å². The van der Waals surface area contributed by atoms with Crippen molar-refractivity contribution in [3.63, 3.8) is 0 Å². The Balaban J connectivity index is 3.06. The standard InChI is InChI=1S/C14H20O4/c1-3-5-7-10-8-9-12(18-14(16)17)13(15)11(10)6-4-2/h8-9,15H,3-7H2,1-2H3,(H,16,17). The van der Waals surface area contributed by atoms with Crippen molar-refractivity contribution in [2.75, 3.05) is 0 Å². The second-order valence-corrected chi connectivity index (χ2v) is 4.27. The summed E-state index contributed by atoms with van der Waals surface area (Å²) in [7, 11) is 0. The lowest BCUT2D eigenvalue weighted by Gasteiger charge is -2.13. The zero-order valence-electron chi connectivity index (χ0n) is 10.9. The lowest BCUT2D eigenvalue weighted by Crippen LogP contribution is -2.05. The molecule has 0 amide bonds. The SMILES string of the molecule is CCCCc1ccc(OC(=O)O)c(O)c1CCC. The lowest BCUT2D eigenvalue weighted by molar-refractivity contribution is 0.143. The normalized spacial score (nSPS) is 10.3. The van der Waals surface area contributed by atoms with Crippen LogP contribution in [0.5, 0.6) is 11.5 Å². The molecule has 0 spiro atoms. The van der Waals surface area contributed by atoms with E-state index in [-0.39, 0.29) is 11.5 Å². The highest BCUT2D eigenvalue weighted by molar-refractivity contribution is 5.64. The third-order valence-electron chi connectivity index (χ3n) is 2.84. The van der Waals surface area contributed by atoms with Gasteiger partial charge in [0.15, 0.2) is 11.5 Å². The molecule has 0 atom stereocenters. The summed E-state index contributed by atoms with van der Waals surface area (Å²) >= 11 is 0. The van der Waals surface area contributed by atoms with Crippen LogP contribution in [0.2, 0.25) is 0 Å². The molecule has 0 heterocycles. The summed E-state index contributed by atoms with van der Waals surface area (Å²) in [5.74, 6) is -0.0148. The molecule has 0 aliphatic rings. The van der Waals surface area contributed by atoms with Crippen LogP contribution in [0.3, 0.4) is 0 Å². The fourth-order valence-electron chi connectivity index (χ4n) is 1.96. The topological polar surface area (TPSA) is 66.8 Å². The summed E-state index contributed by atoms with van der Waals surface area (Å²) in [5, 5.41) is 18.7. The molecule has 0 saturated heterocycles. The maximum atomic E-state index is 10.5. The maximum Gasteiger partial charge on any atom is 0.511 e. The van der Waals surface area contributed by atoms with E-state index in [2.05, 4.69) is 11.7 Å². The molecule has 0 aliphatic heterocycles. The number of phenols is 1. The number of carboxylic acid groups (broad SMARTS) is 1. The molecule has 0 fully saturated rings. The van der Waals surface area contributed by atoms with Crippen LogP contribution in [0.4, 0.5) is 4.79 Å². The Morgan fingerprint density at radius 3 is 2.50 bits per heavy atom. The van der Waals surface area contributed by atoms with Gasteiger partial charge in [-0.05, 0) is 30.9 Å². The second kappa shape index (κ2) is 6.89. The van der Waals surface area contributed by atoms with E-state index in [1.54, 1.807) is 0 Å². The first-order valence-corrected chi connectivity index (χ1v) is 6.34. The molecule has 1 rings (SSSR count). The Morgan fingerprint density at radius 2 is 1.94 bits per heavy atom. The number of rotatable bonds is 6. The van der Waals surface area contributed by atoms with Gasteiger partial charge in [0.05, 0.1) is 0 Å². The Bertz CT molecular complexity index is 413. The van der Waals surface area contributed by atoms with Crippen LogP contribution in [0.25, 0.3) is 0 Å². The summed E-state index contributed by atoms with van der Waals surface area (Å²) in [6.45, 7) is 4.13. The molecular weight excluding hydrogens is 232 g/mol. The van der Waals surface area contributed by atoms with E-state index in [1.165, 1.54) is 6.07 Å². The molecule has 0 aliphatic carbocycles. The van der Waals surface area contributed by atoms with Gasteiger partial charge in [0, 0.05) is 5.56 Å². The summed E-state index contributed by atoms with van der Waals surface area (Å²) in [6.07, 6.45) is 3.24. The van der Waals surface area contributed by atoms with Gasteiger partial charge in [0.25, 0.3) is 0 Å². The molecule has 2 N–H and O–H groups in total. The van der Waals surface area contributed by atoms with Crippen molar-refractivity contribution in [2.45, 2.75) is 46.0 Å². The van der Waals surface area contributed by atoms with Crippen molar-refractivity contribution in [3.8, 4) is 11.5 Å². The number of aromatic hydroxyl groups is 1. The van der Waals surface area contributed by atoms with Gasteiger partial charge in [-0.2, -0.15) is 0 Å². The maximum absolute atomic E-state index is 10.5. The van der Waals surface area contributed by atoms with E-state index in [0.29, 0.717) is 0 Å². The minimum Gasteiger partial charge on any atom is -0.504 e. The number of carbonyl (C=O) groups is 1. The minimum atomic E-state index is -1.41. The smallest absolute Gasteiger partial charge is 0.504 e. The molecule has 100 valence electrons. The number of unbranched alkanes of at least 4 members (excludes halogenated alkanes) is 1. The van der Waals surface area contributed by atoms with Crippen LogP contribution >= 0.6 is 0 Å². The average Bonchev–Trinajstić information content (AvgIpc) is 2.33. The number of hydrogen-bond donors (Lipinski definition) is 2. The average molecular weight is 252 g/mol. The van der Waals surface area contributed by atoms with Gasteiger partial charge in [-0.25, -0.2) is 4.79 Å². The molecule has 4 nitrogen and oxygen atoms in total. The van der Waals surface area contributed by atoms with Gasteiger partial charge in [-0.1, -0.05) is 32.8 Å². The van der Waals surface area contributed by atoms with Crippen molar-refractivity contribution in [2.24, 2.45) is 0 Å². The summed E-state index contributed by atoms with van der Waals surface area (Å²) in [5.41, 5.74) is 1.89. The predicted molar refractivity (Wildman–Crippen MR) is 69.4 cm³/mol. The zero-order valence-corrected chi connectivity index (χ0v) is 10.9. The molecule has 0 aromatic heterocycles. The monoisotopic (exact) mass is 252 g/mol. The highest BCUT2D eigenvalue weighted by Gasteiger charge is 2.14. The van der Waals surface area contributed by atoms with Crippen LogP contribution in [0, 0.1) is 0 Å². The Labute approximate surface area is 107 Å². The van der Waals surface area contributed by atoms with Crippen LogP contribution < -0.4 is 4.74 Å². The van der Waals surface area contributed by atoms with Crippen molar-refractivity contribution in [1.29, 1.82) is 0 Å². The third kappa shape index (κ3) is 3.65. The molecule has 0 unspecified atom stereocenters. The van der Waals surface area contributed by atoms with Crippen molar-refractivity contribution < 1.29 is 19.7 Å². The van der Waals surface area contributed by atoms with Crippen LogP contribution in [0.1, 0.15) is 44.2 Å². The van der Waals surface area contributed by atoms with E-state index < -0.39 is 6.16 Å². The summed E-state index contributed by atoms with van der Waals surface area (Å²) < 4.78 is 4.56. The van der Waals surface area contributed by atoms with Crippen LogP contribution in [-0.4, -0.2) is 16.4 Å². The first-order valence-electron chi connectivity index (χ1n) is 6.34. The molecule has 1 aromatic carbocycles. The van der Waals surface area contributed by atoms with E-state index in [9.17, 15) is 9.90 Å². The number of phenolic OH excluding ortho intramolecular Hbond substituents is 1. The molecule has 4 heteroatoms. The molecule has 1 aromatic rings. The van der Waals surface area contributed by atoms with Gasteiger partial charge >= 0.3 is 6.16 Å². The molecule has 0 bridgehead atoms. The van der Waals surface area contributed by atoms with Crippen molar-refractivity contribution >= 4 is 6.16 Å². The predicted octanol–water partition coefficient (Wildman–Crippen LogP) is 3.74. The molecule has 18 heavy (non-hydrogen) atoms. The van der Waals surface area contributed by atoms with Gasteiger partial charge in [0.2, 0.25) is 0 Å². The van der Waals surface area contributed by atoms with Gasteiger partial charge in [0.1, 0.15) is 0 Å². The Kier molecular flexibility index (Phi) is 5.49. The van der Waals surface area contributed by atoms with Gasteiger partial charge < -0.3 is 14.9 Å². The van der Waals surface area contributed by atoms with Crippen LogP contribution in [0.15, 0.2) is 12.1 Å². The number of benzene rings is 1.